The first kappa shape index (κ1) is 20.9. The van der Waals surface area contributed by atoms with Gasteiger partial charge in [-0.15, -0.1) is 0 Å². The zero-order valence-corrected chi connectivity index (χ0v) is 18.0. The molecule has 4 rings (SSSR count). The van der Waals surface area contributed by atoms with Gasteiger partial charge in [-0.25, -0.2) is 18.5 Å². The summed E-state index contributed by atoms with van der Waals surface area (Å²) in [4.78, 5) is 28.6. The summed E-state index contributed by atoms with van der Waals surface area (Å²) in [6, 6.07) is 6.64. The number of nitrogens with two attached hydrogens (primary N) is 1. The molecule has 15 heteroatoms. The molecule has 0 amide bonds. The molecule has 31 heavy (non-hydrogen) atoms. The van der Waals surface area contributed by atoms with Gasteiger partial charge in [0.15, 0.2) is 5.36 Å². The molecule has 0 aliphatic carbocycles. The van der Waals surface area contributed by atoms with Crippen molar-refractivity contribution in [1.82, 2.24) is 13.7 Å². The average Bonchev–Trinajstić information content (AvgIpc) is 3.32. The topological polar surface area (TPSA) is 182 Å². The molecule has 158 valence electrons. The minimum atomic E-state index is -3.90. The molecule has 2 aromatic heterocycles. The molecule has 4 N–H and O–H groups in total. The van der Waals surface area contributed by atoms with Gasteiger partial charge in [0.2, 0.25) is 26.0 Å². The predicted octanol–water partition coefficient (Wildman–Crippen LogP) is -0.445. The van der Waals surface area contributed by atoms with Gasteiger partial charge in [-0.3, -0.25) is 20.4 Å². The SMILES string of the molecule is Cc1nsc(NN=c2c(=O)ccc(=NNc3snc4ccc(S(N)(=O)=O)cc34)c2=O)n1. The van der Waals surface area contributed by atoms with Gasteiger partial charge >= 0.3 is 0 Å². The fourth-order valence-corrected chi connectivity index (χ4v) is 4.23. The number of nitrogens with one attached hydrogen (secondary N) is 2. The van der Waals surface area contributed by atoms with Crippen LogP contribution < -0.4 is 37.6 Å². The molecule has 0 saturated carbocycles. The van der Waals surface area contributed by atoms with Crippen LogP contribution in [0.5, 0.6) is 0 Å². The number of hydrogen-bond donors (Lipinski definition) is 3. The Morgan fingerprint density at radius 3 is 2.55 bits per heavy atom. The molecule has 0 aliphatic heterocycles. The van der Waals surface area contributed by atoms with Crippen molar-refractivity contribution >= 4 is 54.1 Å². The highest BCUT2D eigenvalue weighted by atomic mass is 32.2. The highest BCUT2D eigenvalue weighted by Crippen LogP contribution is 2.29. The number of nitrogens with zero attached hydrogens (tertiary/aromatic N) is 5. The normalized spacial score (nSPS) is 13.1. The van der Waals surface area contributed by atoms with E-state index in [0.717, 1.165) is 29.1 Å². The van der Waals surface area contributed by atoms with E-state index in [1.165, 1.54) is 24.3 Å². The van der Waals surface area contributed by atoms with Crippen molar-refractivity contribution in [3.05, 3.63) is 67.3 Å². The van der Waals surface area contributed by atoms with E-state index in [9.17, 15) is 18.0 Å². The van der Waals surface area contributed by atoms with Gasteiger partial charge < -0.3 is 0 Å². The van der Waals surface area contributed by atoms with E-state index in [4.69, 9.17) is 5.14 Å². The molecule has 4 aromatic rings. The van der Waals surface area contributed by atoms with Crippen LogP contribution in [0, 0.1) is 6.92 Å². The van der Waals surface area contributed by atoms with Gasteiger partial charge in [-0.2, -0.15) is 18.9 Å². The summed E-state index contributed by atoms with van der Waals surface area (Å²) in [6.07, 6.45) is 0. The summed E-state index contributed by atoms with van der Waals surface area (Å²) in [5, 5.41) is 13.8. The summed E-state index contributed by atoms with van der Waals surface area (Å²) >= 11 is 2.05. The van der Waals surface area contributed by atoms with Crippen LogP contribution in [0.2, 0.25) is 0 Å². The van der Waals surface area contributed by atoms with E-state index in [2.05, 4.69) is 34.8 Å². The molecule has 0 fully saturated rings. The lowest BCUT2D eigenvalue weighted by Crippen LogP contribution is -2.47. The van der Waals surface area contributed by atoms with Crippen molar-refractivity contribution < 1.29 is 8.42 Å². The average molecular weight is 477 g/mol. The summed E-state index contributed by atoms with van der Waals surface area (Å²) in [6.45, 7) is 1.69. The van der Waals surface area contributed by atoms with Gasteiger partial charge in [0.05, 0.1) is 10.4 Å². The van der Waals surface area contributed by atoms with Gasteiger partial charge in [0.1, 0.15) is 16.2 Å². The van der Waals surface area contributed by atoms with Crippen LogP contribution in [-0.2, 0) is 10.0 Å². The van der Waals surface area contributed by atoms with Crippen molar-refractivity contribution in [3.63, 3.8) is 0 Å². The Bertz CT molecular complexity index is 1630. The Hall–Kier alpha value is -3.40. The first-order valence-corrected chi connectivity index (χ1v) is 11.5. The van der Waals surface area contributed by atoms with E-state index < -0.39 is 20.9 Å². The third-order valence-electron chi connectivity index (χ3n) is 3.92. The van der Waals surface area contributed by atoms with E-state index in [1.54, 1.807) is 6.92 Å². The molecule has 0 radical (unpaired) electrons. The monoisotopic (exact) mass is 476 g/mol. The van der Waals surface area contributed by atoms with E-state index >= 15 is 0 Å². The number of primary sulfonamides is 1. The number of fused-ring (bicyclic) bond motifs is 1. The maximum absolute atomic E-state index is 12.6. The number of aryl methyl sites for hydroxylation is 1. The lowest BCUT2D eigenvalue weighted by Gasteiger charge is -1.99. The summed E-state index contributed by atoms with van der Waals surface area (Å²) < 4.78 is 31.3. The Balaban J connectivity index is 1.72. The van der Waals surface area contributed by atoms with Gasteiger partial charge in [-0.1, -0.05) is 0 Å². The first-order chi connectivity index (χ1) is 14.7. The van der Waals surface area contributed by atoms with E-state index in [0.29, 0.717) is 26.9 Å². The third-order valence-corrected chi connectivity index (χ3v) is 6.32. The summed E-state index contributed by atoms with van der Waals surface area (Å²) in [5.74, 6) is 0.530. The molecule has 0 bridgehead atoms. The van der Waals surface area contributed by atoms with Crippen LogP contribution in [0.15, 0.2) is 55.0 Å². The Kier molecular flexibility index (Phi) is 5.40. The second-order valence-electron chi connectivity index (χ2n) is 6.09. The lowest BCUT2D eigenvalue weighted by molar-refractivity contribution is 0.598. The molecule has 2 aromatic carbocycles. The number of benzene rings is 2. The number of anilines is 2. The predicted molar refractivity (Wildman–Crippen MR) is 115 cm³/mol. The highest BCUT2D eigenvalue weighted by molar-refractivity contribution is 7.89. The molecular formula is C16H12N8O4S3. The number of aromatic nitrogens is 3. The molecule has 0 saturated heterocycles. The maximum atomic E-state index is 12.6. The first-order valence-electron chi connectivity index (χ1n) is 8.39. The number of rotatable bonds is 5. The second-order valence-corrected chi connectivity index (χ2v) is 9.18. The largest absolute Gasteiger partial charge is 0.287 e. The molecule has 0 unspecified atom stereocenters. The highest BCUT2D eigenvalue weighted by Gasteiger charge is 2.12. The minimum absolute atomic E-state index is 0.0715. The van der Waals surface area contributed by atoms with E-state index in [1.807, 2.05) is 0 Å². The molecule has 0 aliphatic rings. The third kappa shape index (κ3) is 4.38. The zero-order chi connectivity index (χ0) is 22.2. The lowest BCUT2D eigenvalue weighted by atomic mass is 10.2. The van der Waals surface area contributed by atoms with Crippen LogP contribution in [0.4, 0.5) is 10.1 Å². The van der Waals surface area contributed by atoms with Gasteiger partial charge in [-0.05, 0) is 48.8 Å². The molecule has 2 heterocycles. The number of hydrogen-bond acceptors (Lipinski definition) is 13. The molecule has 0 spiro atoms. The molecule has 0 atom stereocenters. The Labute approximate surface area is 181 Å². The fourth-order valence-electron chi connectivity index (χ4n) is 2.47. The van der Waals surface area contributed by atoms with Crippen LogP contribution in [0.1, 0.15) is 5.82 Å². The van der Waals surface area contributed by atoms with Crippen molar-refractivity contribution in [2.24, 2.45) is 15.3 Å². The molecule has 12 nitrogen and oxygen atoms in total. The quantitative estimate of drug-likeness (QED) is 0.321. The minimum Gasteiger partial charge on any atom is -0.287 e. The van der Waals surface area contributed by atoms with Crippen LogP contribution in [0.3, 0.4) is 0 Å². The van der Waals surface area contributed by atoms with Gasteiger partial charge in [0.25, 0.3) is 0 Å². The van der Waals surface area contributed by atoms with Crippen molar-refractivity contribution in [2.45, 2.75) is 11.8 Å². The Morgan fingerprint density at radius 1 is 1.03 bits per heavy atom. The van der Waals surface area contributed by atoms with Crippen molar-refractivity contribution in [1.29, 1.82) is 0 Å². The standard InChI is InChI=1S/C16H12N8O4S3/c1-7-18-16(30-23-7)22-20-13-12(25)5-4-11(14(13)26)19-21-15-9-6-8(31(17,27)28)2-3-10(9)24-29-15/h2-6,21H,1H3,(H2,17,27,28)(H,18,22,23). The zero-order valence-electron chi connectivity index (χ0n) is 15.6. The van der Waals surface area contributed by atoms with Crippen molar-refractivity contribution in [3.8, 4) is 0 Å². The summed E-state index contributed by atoms with van der Waals surface area (Å²) in [7, 11) is -3.90. The number of sulfonamides is 1. The summed E-state index contributed by atoms with van der Waals surface area (Å²) in [5.41, 5.74) is 4.47. The smallest absolute Gasteiger partial charge is 0.238 e. The molecular weight excluding hydrogens is 464 g/mol. The fraction of sp³-hybridized carbons (Fsp3) is 0.0625. The van der Waals surface area contributed by atoms with Crippen LogP contribution in [0.25, 0.3) is 10.9 Å². The van der Waals surface area contributed by atoms with Crippen molar-refractivity contribution in [2.75, 3.05) is 10.9 Å². The van der Waals surface area contributed by atoms with Crippen LogP contribution >= 0.6 is 23.1 Å². The van der Waals surface area contributed by atoms with Gasteiger partial charge in [0, 0.05) is 16.9 Å². The maximum Gasteiger partial charge on any atom is 0.238 e. The van der Waals surface area contributed by atoms with E-state index in [-0.39, 0.29) is 15.6 Å². The second kappa shape index (κ2) is 8.03. The van der Waals surface area contributed by atoms with Crippen LogP contribution in [-0.4, -0.2) is 22.1 Å². The Morgan fingerprint density at radius 2 is 1.84 bits per heavy atom.